The first kappa shape index (κ1) is 13.6. The summed E-state index contributed by atoms with van der Waals surface area (Å²) in [4.78, 5) is 13.4. The predicted molar refractivity (Wildman–Crippen MR) is 85.8 cm³/mol. The zero-order valence-corrected chi connectivity index (χ0v) is 12.9. The summed E-state index contributed by atoms with van der Waals surface area (Å²) in [6, 6.07) is 8.05. The van der Waals surface area contributed by atoms with Crippen molar-refractivity contribution >= 4 is 33.7 Å². The van der Waals surface area contributed by atoms with E-state index in [9.17, 15) is 4.79 Å². The summed E-state index contributed by atoms with van der Waals surface area (Å²) in [6.07, 6.45) is 4.86. The molecule has 0 atom stereocenters. The molecule has 0 aromatic carbocycles. The Balaban J connectivity index is 1.62. The molecular weight excluding hydrogens is 288 g/mol. The van der Waals surface area contributed by atoms with Crippen LogP contribution < -0.4 is 10.6 Å². The van der Waals surface area contributed by atoms with Crippen molar-refractivity contribution < 1.29 is 4.79 Å². The van der Waals surface area contributed by atoms with Gasteiger partial charge in [0.1, 0.15) is 0 Å². The second-order valence-corrected chi connectivity index (χ2v) is 7.15. The topological polar surface area (TPSA) is 41.1 Å². The minimum absolute atomic E-state index is 0.102. The van der Waals surface area contributed by atoms with E-state index in [1.807, 2.05) is 17.5 Å². The average Bonchev–Trinajstić information content (AvgIpc) is 3.18. The Kier molecular flexibility index (Phi) is 4.08. The molecule has 0 spiro atoms. The van der Waals surface area contributed by atoms with Gasteiger partial charge < -0.3 is 5.32 Å². The lowest BCUT2D eigenvalue weighted by molar-refractivity contribution is 0.248. The molecule has 1 saturated carbocycles. The van der Waals surface area contributed by atoms with Crippen molar-refractivity contribution in [3.63, 3.8) is 0 Å². The number of thiophene rings is 2. The van der Waals surface area contributed by atoms with Crippen LogP contribution >= 0.6 is 22.7 Å². The maximum atomic E-state index is 12.0. The third kappa shape index (κ3) is 2.88. The van der Waals surface area contributed by atoms with Gasteiger partial charge in [-0.15, -0.1) is 22.7 Å². The predicted octanol–water partition coefficient (Wildman–Crippen LogP) is 4.44. The summed E-state index contributed by atoms with van der Waals surface area (Å²) >= 11 is 3.34. The summed E-state index contributed by atoms with van der Waals surface area (Å²) in [5, 5.41) is 10.9. The monoisotopic (exact) mass is 306 g/mol. The van der Waals surface area contributed by atoms with Crippen LogP contribution in [0.15, 0.2) is 35.0 Å². The van der Waals surface area contributed by atoms with E-state index in [4.69, 9.17) is 0 Å². The Labute approximate surface area is 127 Å². The molecule has 3 rings (SSSR count). The molecule has 3 nitrogen and oxygen atoms in total. The van der Waals surface area contributed by atoms with E-state index < -0.39 is 0 Å². The molecular formula is C15H18N2OS2. The first-order valence-corrected chi connectivity index (χ1v) is 8.67. The van der Waals surface area contributed by atoms with Gasteiger partial charge >= 0.3 is 6.03 Å². The molecule has 2 aromatic rings. The average molecular weight is 306 g/mol. The third-order valence-electron chi connectivity index (χ3n) is 3.95. The quantitative estimate of drug-likeness (QED) is 0.861. The van der Waals surface area contributed by atoms with Gasteiger partial charge in [0.05, 0.1) is 5.00 Å². The van der Waals surface area contributed by atoms with Crippen LogP contribution in [0.3, 0.4) is 0 Å². The molecule has 2 heterocycles. The number of hydrogen-bond acceptors (Lipinski definition) is 3. The molecule has 0 aliphatic heterocycles. The van der Waals surface area contributed by atoms with E-state index in [0.717, 1.165) is 11.5 Å². The van der Waals surface area contributed by atoms with Crippen molar-refractivity contribution in [3.05, 3.63) is 39.9 Å². The largest absolute Gasteiger partial charge is 0.337 e. The number of nitrogens with one attached hydrogen (secondary N) is 2. The molecule has 1 aliphatic carbocycles. The SMILES string of the molecule is O=C(NCC1(c2cccs2)CCCC1)Nc1cccs1. The lowest BCUT2D eigenvalue weighted by Crippen LogP contribution is -2.40. The van der Waals surface area contributed by atoms with Gasteiger partial charge in [-0.25, -0.2) is 4.79 Å². The zero-order chi connectivity index (χ0) is 13.8. The van der Waals surface area contributed by atoms with Crippen LogP contribution in [0, 0.1) is 0 Å². The molecule has 20 heavy (non-hydrogen) atoms. The maximum Gasteiger partial charge on any atom is 0.319 e. The van der Waals surface area contributed by atoms with Gasteiger partial charge in [-0.1, -0.05) is 18.9 Å². The summed E-state index contributed by atoms with van der Waals surface area (Å²) in [5.41, 5.74) is 0.154. The fourth-order valence-corrected chi connectivity index (χ4v) is 4.50. The van der Waals surface area contributed by atoms with E-state index in [1.54, 1.807) is 11.3 Å². The normalized spacial score (nSPS) is 17.0. The molecule has 2 N–H and O–H groups in total. The molecule has 1 aliphatic rings. The standard InChI is InChI=1S/C15H18N2OS2/c18-14(17-13-6-4-10-20-13)16-11-15(7-1-2-8-15)12-5-3-9-19-12/h3-6,9-10H,1-2,7-8,11H2,(H2,16,17,18). The van der Waals surface area contributed by atoms with Gasteiger partial charge in [-0.2, -0.15) is 0 Å². The molecule has 106 valence electrons. The summed E-state index contributed by atoms with van der Waals surface area (Å²) in [5.74, 6) is 0. The second-order valence-electron chi connectivity index (χ2n) is 5.25. The van der Waals surface area contributed by atoms with Gasteiger partial charge in [0.15, 0.2) is 0 Å². The van der Waals surface area contributed by atoms with Crippen molar-refractivity contribution in [1.29, 1.82) is 0 Å². The van der Waals surface area contributed by atoms with Crippen LogP contribution in [0.2, 0.25) is 0 Å². The van der Waals surface area contributed by atoms with E-state index in [1.165, 1.54) is 41.9 Å². The Hall–Kier alpha value is -1.33. The molecule has 0 unspecified atom stereocenters. The lowest BCUT2D eigenvalue weighted by atomic mass is 9.84. The van der Waals surface area contributed by atoms with E-state index in [0.29, 0.717) is 0 Å². The van der Waals surface area contributed by atoms with Crippen LogP contribution in [0.4, 0.5) is 9.80 Å². The summed E-state index contributed by atoms with van der Waals surface area (Å²) in [6.45, 7) is 0.727. The highest BCUT2D eigenvalue weighted by Gasteiger charge is 2.36. The van der Waals surface area contributed by atoms with E-state index >= 15 is 0 Å². The smallest absolute Gasteiger partial charge is 0.319 e. The van der Waals surface area contributed by atoms with Gasteiger partial charge in [-0.05, 0) is 41.8 Å². The third-order valence-corrected chi connectivity index (χ3v) is 5.85. The fraction of sp³-hybridized carbons (Fsp3) is 0.400. The highest BCUT2D eigenvalue weighted by atomic mass is 32.1. The summed E-state index contributed by atoms with van der Waals surface area (Å²) in [7, 11) is 0. The molecule has 0 bridgehead atoms. The lowest BCUT2D eigenvalue weighted by Gasteiger charge is -2.28. The van der Waals surface area contributed by atoms with E-state index in [2.05, 4.69) is 28.1 Å². The highest BCUT2D eigenvalue weighted by molar-refractivity contribution is 7.14. The number of hydrogen-bond donors (Lipinski definition) is 2. The molecule has 0 radical (unpaired) electrons. The highest BCUT2D eigenvalue weighted by Crippen LogP contribution is 2.42. The second kappa shape index (κ2) is 5.97. The van der Waals surface area contributed by atoms with Crippen molar-refractivity contribution in [3.8, 4) is 0 Å². The van der Waals surface area contributed by atoms with Crippen LogP contribution in [-0.2, 0) is 5.41 Å². The van der Waals surface area contributed by atoms with E-state index in [-0.39, 0.29) is 11.4 Å². The van der Waals surface area contributed by atoms with Crippen molar-refractivity contribution in [2.75, 3.05) is 11.9 Å². The number of amides is 2. The minimum Gasteiger partial charge on any atom is -0.337 e. The zero-order valence-electron chi connectivity index (χ0n) is 11.2. The molecule has 2 amide bonds. The minimum atomic E-state index is -0.102. The van der Waals surface area contributed by atoms with Crippen LogP contribution in [0.25, 0.3) is 0 Å². The molecule has 5 heteroatoms. The van der Waals surface area contributed by atoms with Gasteiger partial charge in [0, 0.05) is 16.8 Å². The van der Waals surface area contributed by atoms with Crippen molar-refractivity contribution in [2.45, 2.75) is 31.1 Å². The van der Waals surface area contributed by atoms with Gasteiger partial charge in [0.2, 0.25) is 0 Å². The maximum absolute atomic E-state index is 12.0. The molecule has 1 fully saturated rings. The Morgan fingerprint density at radius 1 is 1.15 bits per heavy atom. The van der Waals surface area contributed by atoms with Crippen molar-refractivity contribution in [1.82, 2.24) is 5.32 Å². The number of anilines is 1. The number of rotatable bonds is 4. The number of carbonyl (C=O) groups is 1. The fourth-order valence-electron chi connectivity index (χ4n) is 2.90. The molecule has 2 aromatic heterocycles. The Morgan fingerprint density at radius 3 is 2.55 bits per heavy atom. The first-order chi connectivity index (χ1) is 9.78. The number of urea groups is 1. The first-order valence-electron chi connectivity index (χ1n) is 6.91. The van der Waals surface area contributed by atoms with Crippen LogP contribution in [0.5, 0.6) is 0 Å². The summed E-state index contributed by atoms with van der Waals surface area (Å²) < 4.78 is 0. The van der Waals surface area contributed by atoms with Crippen LogP contribution in [-0.4, -0.2) is 12.6 Å². The van der Waals surface area contributed by atoms with Gasteiger partial charge in [0.25, 0.3) is 0 Å². The van der Waals surface area contributed by atoms with Gasteiger partial charge in [-0.3, -0.25) is 5.32 Å². The Morgan fingerprint density at radius 2 is 1.90 bits per heavy atom. The van der Waals surface area contributed by atoms with Crippen LogP contribution in [0.1, 0.15) is 30.6 Å². The van der Waals surface area contributed by atoms with Crippen molar-refractivity contribution in [2.24, 2.45) is 0 Å². The number of carbonyl (C=O) groups excluding carboxylic acids is 1. The Bertz CT molecular complexity index is 542. The molecule has 0 saturated heterocycles.